The van der Waals surface area contributed by atoms with Gasteiger partial charge in [-0.25, -0.2) is 14.3 Å². The molecule has 3 aromatic rings. The molecule has 8 heteroatoms. The van der Waals surface area contributed by atoms with E-state index in [0.717, 1.165) is 0 Å². The number of morpholine rings is 1. The highest BCUT2D eigenvalue weighted by Gasteiger charge is 2.21. The molecule has 1 aliphatic rings. The number of anilines is 1. The van der Waals surface area contributed by atoms with Crippen LogP contribution in [-0.2, 0) is 9.47 Å². The SMILES string of the molecule is COC(=O)c1ccc2c(=O)n(-c3ccc(Cl)cc3)c(N3CCOCC3)nc2c1. The maximum Gasteiger partial charge on any atom is 0.337 e. The topological polar surface area (TPSA) is 73.7 Å². The molecule has 1 aliphatic heterocycles. The summed E-state index contributed by atoms with van der Waals surface area (Å²) in [4.78, 5) is 32.0. The van der Waals surface area contributed by atoms with Crippen molar-refractivity contribution in [3.63, 3.8) is 0 Å². The third kappa shape index (κ3) is 3.34. The van der Waals surface area contributed by atoms with Gasteiger partial charge in [0.1, 0.15) is 0 Å². The molecule has 7 nitrogen and oxygen atoms in total. The van der Waals surface area contributed by atoms with Gasteiger partial charge < -0.3 is 14.4 Å². The summed E-state index contributed by atoms with van der Waals surface area (Å²) >= 11 is 6.01. The average molecular weight is 400 g/mol. The van der Waals surface area contributed by atoms with Crippen molar-refractivity contribution in [3.8, 4) is 5.69 Å². The Balaban J connectivity index is 1.97. The quantitative estimate of drug-likeness (QED) is 0.630. The molecule has 0 amide bonds. The minimum atomic E-state index is -0.474. The molecule has 0 spiro atoms. The van der Waals surface area contributed by atoms with E-state index in [9.17, 15) is 9.59 Å². The number of hydrogen-bond acceptors (Lipinski definition) is 6. The van der Waals surface area contributed by atoms with E-state index in [1.54, 1.807) is 47.0 Å². The molecule has 144 valence electrons. The van der Waals surface area contributed by atoms with Crippen molar-refractivity contribution in [2.75, 3.05) is 38.3 Å². The summed E-state index contributed by atoms with van der Waals surface area (Å²) in [7, 11) is 1.32. The summed E-state index contributed by atoms with van der Waals surface area (Å²) in [5.74, 6) is 0.0311. The van der Waals surface area contributed by atoms with Gasteiger partial charge in [-0.2, -0.15) is 0 Å². The van der Waals surface area contributed by atoms with Gasteiger partial charge in [0.2, 0.25) is 5.95 Å². The first kappa shape index (κ1) is 18.5. The van der Waals surface area contributed by atoms with Gasteiger partial charge >= 0.3 is 5.97 Å². The number of nitrogens with zero attached hydrogens (tertiary/aromatic N) is 3. The lowest BCUT2D eigenvalue weighted by Gasteiger charge is -2.30. The van der Waals surface area contributed by atoms with E-state index in [-0.39, 0.29) is 5.56 Å². The van der Waals surface area contributed by atoms with Crippen LogP contribution in [0.2, 0.25) is 5.02 Å². The number of benzene rings is 2. The summed E-state index contributed by atoms with van der Waals surface area (Å²) in [6.07, 6.45) is 0. The number of aromatic nitrogens is 2. The lowest BCUT2D eigenvalue weighted by atomic mass is 10.1. The van der Waals surface area contributed by atoms with Crippen LogP contribution in [0.1, 0.15) is 10.4 Å². The summed E-state index contributed by atoms with van der Waals surface area (Å²) in [5.41, 5.74) is 1.24. The van der Waals surface area contributed by atoms with Crippen LogP contribution in [0.4, 0.5) is 5.95 Å². The van der Waals surface area contributed by atoms with Crippen molar-refractivity contribution in [3.05, 3.63) is 63.4 Å². The molecule has 4 rings (SSSR count). The van der Waals surface area contributed by atoms with Gasteiger partial charge in [0.05, 0.1) is 42.5 Å². The van der Waals surface area contributed by atoms with Crippen molar-refractivity contribution in [2.45, 2.75) is 0 Å². The van der Waals surface area contributed by atoms with Gasteiger partial charge in [-0.1, -0.05) is 11.6 Å². The number of carbonyl (C=O) groups excluding carboxylic acids is 1. The lowest BCUT2D eigenvalue weighted by Crippen LogP contribution is -2.40. The summed E-state index contributed by atoms with van der Waals surface area (Å²) in [5, 5.41) is 1.00. The normalized spacial score (nSPS) is 14.3. The highest BCUT2D eigenvalue weighted by atomic mass is 35.5. The smallest absolute Gasteiger partial charge is 0.337 e. The van der Waals surface area contributed by atoms with E-state index in [4.69, 9.17) is 26.1 Å². The van der Waals surface area contributed by atoms with Crippen molar-refractivity contribution in [1.82, 2.24) is 9.55 Å². The number of carbonyl (C=O) groups is 1. The molecule has 0 N–H and O–H groups in total. The predicted molar refractivity (Wildman–Crippen MR) is 107 cm³/mol. The Hall–Kier alpha value is -2.90. The van der Waals surface area contributed by atoms with Crippen molar-refractivity contribution in [2.24, 2.45) is 0 Å². The maximum absolute atomic E-state index is 13.3. The van der Waals surface area contributed by atoms with Gasteiger partial charge in [-0.3, -0.25) is 4.79 Å². The Bertz CT molecular complexity index is 1090. The fourth-order valence-corrected chi connectivity index (χ4v) is 3.34. The first-order chi connectivity index (χ1) is 13.6. The Morgan fingerprint density at radius 1 is 1.14 bits per heavy atom. The van der Waals surface area contributed by atoms with Gasteiger partial charge in [0.25, 0.3) is 5.56 Å². The van der Waals surface area contributed by atoms with E-state index in [2.05, 4.69) is 0 Å². The molecule has 0 bridgehead atoms. The predicted octanol–water partition coefficient (Wildman–Crippen LogP) is 2.66. The van der Waals surface area contributed by atoms with Crippen LogP contribution in [0.5, 0.6) is 0 Å². The number of esters is 1. The molecular weight excluding hydrogens is 382 g/mol. The summed E-state index contributed by atoms with van der Waals surface area (Å²) in [6, 6.07) is 11.8. The molecule has 2 aromatic carbocycles. The zero-order valence-corrected chi connectivity index (χ0v) is 16.0. The molecule has 0 saturated carbocycles. The number of fused-ring (bicyclic) bond motifs is 1. The second-order valence-corrected chi connectivity index (χ2v) is 6.79. The zero-order chi connectivity index (χ0) is 19.7. The van der Waals surface area contributed by atoms with Gasteiger partial charge in [-0.05, 0) is 42.5 Å². The lowest BCUT2D eigenvalue weighted by molar-refractivity contribution is 0.0601. The molecule has 0 radical (unpaired) electrons. The zero-order valence-electron chi connectivity index (χ0n) is 15.2. The van der Waals surface area contributed by atoms with Crippen LogP contribution in [0.25, 0.3) is 16.6 Å². The van der Waals surface area contributed by atoms with Crippen LogP contribution in [0, 0.1) is 0 Å². The molecule has 0 unspecified atom stereocenters. The Morgan fingerprint density at radius 3 is 2.54 bits per heavy atom. The van der Waals surface area contributed by atoms with E-state index < -0.39 is 5.97 Å². The molecular formula is C20H18ClN3O4. The minimum Gasteiger partial charge on any atom is -0.465 e. The Morgan fingerprint density at radius 2 is 1.86 bits per heavy atom. The molecule has 0 atom stereocenters. The fraction of sp³-hybridized carbons (Fsp3) is 0.250. The molecule has 28 heavy (non-hydrogen) atoms. The number of hydrogen-bond donors (Lipinski definition) is 0. The van der Waals surface area contributed by atoms with E-state index in [1.807, 2.05) is 4.90 Å². The van der Waals surface area contributed by atoms with Crippen LogP contribution in [0.3, 0.4) is 0 Å². The van der Waals surface area contributed by atoms with Gasteiger partial charge in [0.15, 0.2) is 0 Å². The second kappa shape index (κ2) is 7.61. The molecule has 1 saturated heterocycles. The van der Waals surface area contributed by atoms with Gasteiger partial charge in [-0.15, -0.1) is 0 Å². The third-order valence-corrected chi connectivity index (χ3v) is 4.90. The van der Waals surface area contributed by atoms with Crippen LogP contribution < -0.4 is 10.5 Å². The summed E-state index contributed by atoms with van der Waals surface area (Å²) in [6.45, 7) is 2.33. The van der Waals surface area contributed by atoms with Crippen molar-refractivity contribution >= 4 is 34.4 Å². The number of methoxy groups -OCH3 is 1. The second-order valence-electron chi connectivity index (χ2n) is 6.35. The van der Waals surface area contributed by atoms with Gasteiger partial charge in [0, 0.05) is 18.1 Å². The molecule has 2 heterocycles. The van der Waals surface area contributed by atoms with E-state index in [0.29, 0.717) is 59.4 Å². The Labute approximate surface area is 166 Å². The van der Waals surface area contributed by atoms with Crippen LogP contribution >= 0.6 is 11.6 Å². The number of ether oxygens (including phenoxy) is 2. The molecule has 1 fully saturated rings. The van der Waals surface area contributed by atoms with Crippen LogP contribution in [-0.4, -0.2) is 48.9 Å². The standard InChI is InChI=1S/C20H18ClN3O4/c1-27-19(26)13-2-7-16-17(12-13)22-20(23-8-10-28-11-9-23)24(18(16)25)15-5-3-14(21)4-6-15/h2-7,12H,8-11H2,1H3. The largest absolute Gasteiger partial charge is 0.465 e. The van der Waals surface area contributed by atoms with Crippen molar-refractivity contribution < 1.29 is 14.3 Å². The van der Waals surface area contributed by atoms with E-state index in [1.165, 1.54) is 7.11 Å². The third-order valence-electron chi connectivity index (χ3n) is 4.65. The first-order valence-corrected chi connectivity index (χ1v) is 9.20. The number of rotatable bonds is 3. The summed E-state index contributed by atoms with van der Waals surface area (Å²) < 4.78 is 11.8. The van der Waals surface area contributed by atoms with E-state index >= 15 is 0 Å². The molecule has 0 aliphatic carbocycles. The maximum atomic E-state index is 13.3. The average Bonchev–Trinajstić information content (AvgIpc) is 2.74. The number of halogens is 1. The van der Waals surface area contributed by atoms with Crippen molar-refractivity contribution in [1.29, 1.82) is 0 Å². The monoisotopic (exact) mass is 399 g/mol. The molecule has 1 aromatic heterocycles. The van der Waals surface area contributed by atoms with Crippen LogP contribution in [0.15, 0.2) is 47.3 Å². The highest BCUT2D eigenvalue weighted by molar-refractivity contribution is 6.30. The first-order valence-electron chi connectivity index (χ1n) is 8.82. The Kier molecular flexibility index (Phi) is 5.02. The highest BCUT2D eigenvalue weighted by Crippen LogP contribution is 2.22. The minimum absolute atomic E-state index is 0.217. The fourth-order valence-electron chi connectivity index (χ4n) is 3.22.